The lowest BCUT2D eigenvalue weighted by Gasteiger charge is -2.26. The first kappa shape index (κ1) is 34.5. The molecule has 0 fully saturated rings. The average Bonchev–Trinajstić information content (AvgIpc) is 3.85. The molecule has 0 atom stereocenters. The Balaban J connectivity index is 0.901. The molecular weight excluding hydrogens is 757 g/mol. The molecule has 0 aliphatic carbocycles. The maximum absolute atomic E-state index is 6.63. The number of nitrogens with zero attached hydrogens (tertiary/aromatic N) is 2. The maximum Gasteiger partial charge on any atom is 0.139 e. The van der Waals surface area contributed by atoms with E-state index in [1.54, 1.807) is 0 Å². The smallest absolute Gasteiger partial charge is 0.139 e. The third-order valence-corrected chi connectivity index (χ3v) is 12.5. The van der Waals surface area contributed by atoms with Crippen molar-refractivity contribution >= 4 is 121 Å². The molecule has 0 spiro atoms. The highest BCUT2D eigenvalue weighted by molar-refractivity contribution is 6.18. The van der Waals surface area contributed by atoms with E-state index in [-0.39, 0.29) is 0 Å². The van der Waals surface area contributed by atoms with E-state index in [2.05, 4.69) is 228 Å². The minimum Gasteiger partial charge on any atom is -0.456 e. The van der Waals surface area contributed by atoms with Crippen molar-refractivity contribution in [2.24, 2.45) is 0 Å². The molecule has 0 saturated heterocycles. The second-order valence-corrected chi connectivity index (χ2v) is 16.2. The van der Waals surface area contributed by atoms with E-state index in [1.807, 2.05) is 0 Å². The van der Waals surface area contributed by atoms with Crippen LogP contribution in [-0.4, -0.2) is 0 Å². The van der Waals surface area contributed by atoms with Crippen LogP contribution in [0.5, 0.6) is 0 Å². The number of fused-ring (bicyclic) bond motifs is 10. The van der Waals surface area contributed by atoms with Crippen LogP contribution < -0.4 is 9.80 Å². The molecule has 13 rings (SSSR count). The summed E-state index contributed by atoms with van der Waals surface area (Å²) in [4.78, 5) is 4.64. The van der Waals surface area contributed by atoms with Crippen LogP contribution in [-0.2, 0) is 0 Å². The number of anilines is 6. The number of hydrogen-bond acceptors (Lipinski definition) is 4. The fraction of sp³-hybridized carbons (Fsp3) is 0. The van der Waals surface area contributed by atoms with Crippen LogP contribution in [0.3, 0.4) is 0 Å². The van der Waals surface area contributed by atoms with Gasteiger partial charge in [0.15, 0.2) is 0 Å². The summed E-state index contributed by atoms with van der Waals surface area (Å²) in [5.74, 6) is 0. The van der Waals surface area contributed by atoms with Gasteiger partial charge in [-0.3, -0.25) is 0 Å². The van der Waals surface area contributed by atoms with Crippen molar-refractivity contribution < 1.29 is 8.83 Å². The van der Waals surface area contributed by atoms with Crippen molar-refractivity contribution in [3.05, 3.63) is 218 Å². The fourth-order valence-electron chi connectivity index (χ4n) is 9.46. The zero-order valence-electron chi connectivity index (χ0n) is 33.5. The molecular formula is C58H36N2O2. The number of benzene rings is 11. The highest BCUT2D eigenvalue weighted by Crippen LogP contribution is 2.43. The van der Waals surface area contributed by atoms with E-state index in [1.165, 1.54) is 21.5 Å². The van der Waals surface area contributed by atoms with Crippen LogP contribution in [0.1, 0.15) is 0 Å². The second kappa shape index (κ2) is 13.6. The molecule has 0 radical (unpaired) electrons. The molecule has 4 nitrogen and oxygen atoms in total. The van der Waals surface area contributed by atoms with Crippen LogP contribution >= 0.6 is 0 Å². The molecule has 13 aromatic rings. The predicted molar refractivity (Wildman–Crippen MR) is 260 cm³/mol. The number of rotatable bonds is 6. The zero-order valence-corrected chi connectivity index (χ0v) is 33.5. The first-order chi connectivity index (χ1) is 30.7. The Labute approximate surface area is 356 Å². The quantitative estimate of drug-likeness (QED) is 0.168. The molecule has 0 N–H and O–H groups in total. The van der Waals surface area contributed by atoms with Gasteiger partial charge in [0.2, 0.25) is 0 Å². The van der Waals surface area contributed by atoms with Gasteiger partial charge in [0.25, 0.3) is 0 Å². The topological polar surface area (TPSA) is 32.8 Å². The Morgan fingerprint density at radius 2 is 0.532 bits per heavy atom. The van der Waals surface area contributed by atoms with Gasteiger partial charge in [-0.25, -0.2) is 0 Å². The average molecular weight is 793 g/mol. The molecule has 62 heavy (non-hydrogen) atoms. The molecule has 0 aliphatic rings. The van der Waals surface area contributed by atoms with E-state index in [9.17, 15) is 0 Å². The molecule has 0 bridgehead atoms. The fourth-order valence-corrected chi connectivity index (χ4v) is 9.46. The lowest BCUT2D eigenvalue weighted by Crippen LogP contribution is -2.09. The van der Waals surface area contributed by atoms with Crippen LogP contribution in [0.15, 0.2) is 227 Å². The molecule has 0 amide bonds. The van der Waals surface area contributed by atoms with Crippen molar-refractivity contribution in [3.63, 3.8) is 0 Å². The minimum atomic E-state index is 0.810. The zero-order chi connectivity index (χ0) is 40.7. The van der Waals surface area contributed by atoms with Crippen LogP contribution in [0.25, 0.3) is 87.0 Å². The first-order valence-corrected chi connectivity index (χ1v) is 21.1. The van der Waals surface area contributed by atoms with Crippen LogP contribution in [0.4, 0.5) is 34.1 Å². The molecule has 2 aromatic heterocycles. The summed E-state index contributed by atoms with van der Waals surface area (Å²) in [5, 5.41) is 13.7. The van der Waals surface area contributed by atoms with Crippen molar-refractivity contribution in [1.29, 1.82) is 0 Å². The van der Waals surface area contributed by atoms with E-state index in [4.69, 9.17) is 8.83 Å². The highest BCUT2D eigenvalue weighted by atomic mass is 16.3. The van der Waals surface area contributed by atoms with E-state index >= 15 is 0 Å². The van der Waals surface area contributed by atoms with Crippen molar-refractivity contribution in [3.8, 4) is 0 Å². The lowest BCUT2D eigenvalue weighted by atomic mass is 10.0. The van der Waals surface area contributed by atoms with Gasteiger partial charge in [0.05, 0.1) is 0 Å². The van der Waals surface area contributed by atoms with Crippen LogP contribution in [0.2, 0.25) is 0 Å². The van der Waals surface area contributed by atoms with E-state index in [0.29, 0.717) is 0 Å². The summed E-state index contributed by atoms with van der Waals surface area (Å²) in [6, 6.07) is 78.1. The summed E-state index contributed by atoms with van der Waals surface area (Å²) in [7, 11) is 0. The molecule has 2 heterocycles. The van der Waals surface area contributed by atoms with Gasteiger partial charge in [-0.15, -0.1) is 0 Å². The normalized spacial score (nSPS) is 11.9. The van der Waals surface area contributed by atoms with Gasteiger partial charge >= 0.3 is 0 Å². The van der Waals surface area contributed by atoms with Crippen LogP contribution in [0, 0.1) is 0 Å². The minimum absolute atomic E-state index is 0.810. The van der Waals surface area contributed by atoms with E-state index in [0.717, 1.165) is 99.5 Å². The van der Waals surface area contributed by atoms with Gasteiger partial charge in [-0.1, -0.05) is 109 Å². The third-order valence-electron chi connectivity index (χ3n) is 12.5. The van der Waals surface area contributed by atoms with Crippen molar-refractivity contribution in [2.45, 2.75) is 0 Å². The lowest BCUT2D eigenvalue weighted by molar-refractivity contribution is 0.656. The van der Waals surface area contributed by atoms with Gasteiger partial charge in [0, 0.05) is 61.7 Å². The largest absolute Gasteiger partial charge is 0.456 e. The first-order valence-electron chi connectivity index (χ1n) is 21.1. The van der Waals surface area contributed by atoms with Gasteiger partial charge in [-0.05, 0) is 146 Å². The summed E-state index contributed by atoms with van der Waals surface area (Å²) in [5.41, 5.74) is 9.91. The standard InChI is InChI=1S/C58H36N2O2/c1-3-15-45(16-4-1)59(47-23-19-37-11-7-9-13-39(37)27-47)49-25-21-41-31-51-53-35-54-52-32-42-22-26-50(30-44(42)34-56(52)62-58(54)36-57(53)61-55(51)33-43(41)29-49)60(46-17-5-2-6-18-46)48-24-20-38-12-8-10-14-40(38)28-48/h1-36H. The van der Waals surface area contributed by atoms with Crippen molar-refractivity contribution in [2.75, 3.05) is 9.80 Å². The van der Waals surface area contributed by atoms with Crippen molar-refractivity contribution in [1.82, 2.24) is 0 Å². The number of furan rings is 2. The summed E-state index contributed by atoms with van der Waals surface area (Å²) >= 11 is 0. The molecule has 0 saturated carbocycles. The SMILES string of the molecule is c1ccc(N(c2ccc3ccccc3c2)c2ccc3cc4c(cc3c2)oc2cc3oc5cc6cc(N(c7ccccc7)c7ccc8ccccc8c7)ccc6cc5c3cc24)cc1. The Kier molecular flexibility index (Phi) is 7.57. The molecule has 290 valence electrons. The Bertz CT molecular complexity index is 3630. The second-order valence-electron chi connectivity index (χ2n) is 16.2. The number of hydrogen-bond donors (Lipinski definition) is 0. The Hall–Kier alpha value is -8.34. The van der Waals surface area contributed by atoms with Gasteiger partial charge in [-0.2, -0.15) is 0 Å². The Morgan fingerprint density at radius 3 is 0.968 bits per heavy atom. The maximum atomic E-state index is 6.63. The Morgan fingerprint density at radius 1 is 0.210 bits per heavy atom. The van der Waals surface area contributed by atoms with Gasteiger partial charge in [0.1, 0.15) is 22.3 Å². The number of para-hydroxylation sites is 2. The highest BCUT2D eigenvalue weighted by Gasteiger charge is 2.19. The monoisotopic (exact) mass is 792 g/mol. The summed E-state index contributed by atoms with van der Waals surface area (Å²) in [6.07, 6.45) is 0. The molecule has 0 unspecified atom stereocenters. The van der Waals surface area contributed by atoms with E-state index < -0.39 is 0 Å². The predicted octanol–water partition coefficient (Wildman–Crippen LogP) is 17.0. The summed E-state index contributed by atoms with van der Waals surface area (Å²) < 4.78 is 13.3. The molecule has 11 aromatic carbocycles. The van der Waals surface area contributed by atoms with Gasteiger partial charge < -0.3 is 18.6 Å². The summed E-state index contributed by atoms with van der Waals surface area (Å²) in [6.45, 7) is 0. The molecule has 4 heteroatoms. The third kappa shape index (κ3) is 5.62. The molecule has 0 aliphatic heterocycles.